The number of likely N-dealkylation sites (tertiary alicyclic amines) is 1. The number of fused-ring (bicyclic) bond motifs is 1. The van der Waals surface area contributed by atoms with E-state index in [4.69, 9.17) is 9.47 Å². The summed E-state index contributed by atoms with van der Waals surface area (Å²) in [4.78, 5) is 31.9. The number of likely N-dealkylation sites (N-methyl/N-ethyl adjacent to an activating group) is 1. The maximum absolute atomic E-state index is 13.3. The van der Waals surface area contributed by atoms with Gasteiger partial charge in [-0.2, -0.15) is 0 Å². The van der Waals surface area contributed by atoms with Gasteiger partial charge >= 0.3 is 6.03 Å². The molecule has 172 valence electrons. The fourth-order valence-electron chi connectivity index (χ4n) is 5.09. The van der Waals surface area contributed by atoms with E-state index in [-0.39, 0.29) is 23.4 Å². The SMILES string of the molecule is CCN(C(=O)NCC(C)(C)N(C)C)C(=O)[C@@H]1C[C@@H]2CC3(CC[C@H]2N(C)C1)OCCO3. The molecule has 3 aliphatic rings. The molecule has 3 fully saturated rings. The lowest BCUT2D eigenvalue weighted by Crippen LogP contribution is -2.57. The summed E-state index contributed by atoms with van der Waals surface area (Å²) in [5.74, 6) is -0.359. The summed E-state index contributed by atoms with van der Waals surface area (Å²) in [6.45, 7) is 8.85. The first-order chi connectivity index (χ1) is 14.1. The third kappa shape index (κ3) is 4.82. The number of piperidine rings is 1. The standard InChI is InChI=1S/C22H40N4O4/c1-7-26(20(28)23-15-21(2,3)24(4)5)19(27)17-12-16-13-22(29-10-11-30-22)9-8-18(16)25(6)14-17/h16-18H,7-15H2,1-6H3,(H,23,28)/t16-,17-,18-/m1/s1. The summed E-state index contributed by atoms with van der Waals surface area (Å²) < 4.78 is 11.9. The van der Waals surface area contributed by atoms with Crippen LogP contribution in [0.3, 0.4) is 0 Å². The van der Waals surface area contributed by atoms with Gasteiger partial charge in [-0.1, -0.05) is 0 Å². The molecule has 3 atom stereocenters. The molecular formula is C22H40N4O4. The molecule has 2 heterocycles. The number of imide groups is 1. The van der Waals surface area contributed by atoms with Crippen LogP contribution in [0.2, 0.25) is 0 Å². The first kappa shape index (κ1) is 23.4. The minimum absolute atomic E-state index is 0.0733. The number of urea groups is 1. The van der Waals surface area contributed by atoms with Crippen molar-refractivity contribution in [2.75, 3.05) is 54.0 Å². The molecule has 3 amide bonds. The van der Waals surface area contributed by atoms with Crippen LogP contribution in [0.25, 0.3) is 0 Å². The van der Waals surface area contributed by atoms with Gasteiger partial charge in [0, 0.05) is 44.1 Å². The molecule has 1 N–H and O–H groups in total. The number of nitrogens with one attached hydrogen (secondary N) is 1. The molecule has 8 nitrogen and oxygen atoms in total. The second-order valence-corrected chi connectivity index (χ2v) is 10.00. The van der Waals surface area contributed by atoms with E-state index < -0.39 is 5.79 Å². The third-order valence-electron chi connectivity index (χ3n) is 7.47. The van der Waals surface area contributed by atoms with Crippen molar-refractivity contribution in [1.29, 1.82) is 0 Å². The van der Waals surface area contributed by atoms with Crippen molar-refractivity contribution in [2.45, 2.75) is 63.8 Å². The average molecular weight is 425 g/mol. The molecule has 0 radical (unpaired) electrons. The molecule has 0 bridgehead atoms. The summed E-state index contributed by atoms with van der Waals surface area (Å²) in [7, 11) is 6.07. The summed E-state index contributed by atoms with van der Waals surface area (Å²) in [6, 6.07) is 0.155. The highest BCUT2D eigenvalue weighted by molar-refractivity contribution is 5.95. The highest BCUT2D eigenvalue weighted by atomic mass is 16.7. The van der Waals surface area contributed by atoms with Gasteiger partial charge in [0.1, 0.15) is 0 Å². The number of nitrogens with zero attached hydrogens (tertiary/aromatic N) is 3. The van der Waals surface area contributed by atoms with Gasteiger partial charge < -0.3 is 24.6 Å². The minimum atomic E-state index is -0.452. The molecular weight excluding hydrogens is 384 g/mol. The van der Waals surface area contributed by atoms with E-state index in [2.05, 4.69) is 36.0 Å². The van der Waals surface area contributed by atoms with Crippen LogP contribution < -0.4 is 5.32 Å². The molecule has 2 aliphatic heterocycles. The zero-order valence-corrected chi connectivity index (χ0v) is 19.6. The Hall–Kier alpha value is -1.22. The fraction of sp³-hybridized carbons (Fsp3) is 0.909. The second-order valence-electron chi connectivity index (χ2n) is 10.00. The van der Waals surface area contributed by atoms with Crippen LogP contribution in [0.1, 0.15) is 46.5 Å². The molecule has 1 aliphatic carbocycles. The Bertz CT molecular complexity index is 633. The van der Waals surface area contributed by atoms with Crippen molar-refractivity contribution in [1.82, 2.24) is 20.0 Å². The topological polar surface area (TPSA) is 74.4 Å². The Morgan fingerprint density at radius 1 is 1.23 bits per heavy atom. The maximum atomic E-state index is 13.3. The van der Waals surface area contributed by atoms with E-state index in [1.807, 2.05) is 21.0 Å². The smallest absolute Gasteiger partial charge is 0.324 e. The zero-order chi connectivity index (χ0) is 22.1. The van der Waals surface area contributed by atoms with Crippen LogP contribution in [0.4, 0.5) is 4.79 Å². The van der Waals surface area contributed by atoms with E-state index in [0.717, 1.165) is 25.7 Å². The normalized spacial score (nSPS) is 29.1. The average Bonchev–Trinajstić information content (AvgIpc) is 3.13. The van der Waals surface area contributed by atoms with Crippen LogP contribution in [0.15, 0.2) is 0 Å². The molecule has 0 aromatic heterocycles. The van der Waals surface area contributed by atoms with Gasteiger partial charge in [0.2, 0.25) is 5.91 Å². The predicted molar refractivity (Wildman–Crippen MR) is 115 cm³/mol. The lowest BCUT2D eigenvalue weighted by molar-refractivity contribution is -0.202. The van der Waals surface area contributed by atoms with Gasteiger partial charge in [0.05, 0.1) is 19.1 Å². The van der Waals surface area contributed by atoms with Crippen molar-refractivity contribution in [3.05, 3.63) is 0 Å². The van der Waals surface area contributed by atoms with E-state index >= 15 is 0 Å². The first-order valence-electron chi connectivity index (χ1n) is 11.3. The maximum Gasteiger partial charge on any atom is 0.324 e. The van der Waals surface area contributed by atoms with E-state index in [0.29, 0.717) is 44.8 Å². The van der Waals surface area contributed by atoms with Crippen LogP contribution in [-0.2, 0) is 14.3 Å². The highest BCUT2D eigenvalue weighted by Crippen LogP contribution is 2.45. The summed E-state index contributed by atoms with van der Waals surface area (Å²) in [5.41, 5.74) is -0.186. The van der Waals surface area contributed by atoms with E-state index in [1.54, 1.807) is 0 Å². The van der Waals surface area contributed by atoms with Crippen LogP contribution in [0, 0.1) is 11.8 Å². The first-order valence-corrected chi connectivity index (χ1v) is 11.3. The quantitative estimate of drug-likeness (QED) is 0.725. The Balaban J connectivity index is 1.63. The van der Waals surface area contributed by atoms with E-state index in [9.17, 15) is 9.59 Å². The molecule has 0 aromatic rings. The molecule has 1 spiro atoms. The molecule has 2 saturated heterocycles. The Labute approximate surface area is 181 Å². The van der Waals surface area contributed by atoms with Crippen LogP contribution in [-0.4, -0.2) is 98.0 Å². The monoisotopic (exact) mass is 424 g/mol. The summed E-state index contributed by atoms with van der Waals surface area (Å²) in [5, 5.41) is 2.95. The summed E-state index contributed by atoms with van der Waals surface area (Å²) in [6.07, 6.45) is 3.57. The van der Waals surface area contributed by atoms with Gasteiger partial charge in [-0.05, 0) is 60.7 Å². The van der Waals surface area contributed by atoms with Crippen LogP contribution >= 0.6 is 0 Å². The van der Waals surface area contributed by atoms with Crippen molar-refractivity contribution in [3.8, 4) is 0 Å². The van der Waals surface area contributed by atoms with Crippen LogP contribution in [0.5, 0.6) is 0 Å². The van der Waals surface area contributed by atoms with Gasteiger partial charge in [-0.25, -0.2) is 4.79 Å². The molecule has 0 unspecified atom stereocenters. The number of rotatable bonds is 5. The van der Waals surface area contributed by atoms with Crippen molar-refractivity contribution < 1.29 is 19.1 Å². The lowest BCUT2D eigenvalue weighted by atomic mass is 9.72. The molecule has 3 rings (SSSR count). The number of carbonyl (C=O) groups is 2. The number of ether oxygens (including phenoxy) is 2. The van der Waals surface area contributed by atoms with Gasteiger partial charge in [0.25, 0.3) is 0 Å². The Kier molecular flexibility index (Phi) is 7.11. The largest absolute Gasteiger partial charge is 0.348 e. The number of hydrogen-bond acceptors (Lipinski definition) is 6. The molecule has 8 heteroatoms. The number of amides is 3. The van der Waals surface area contributed by atoms with Crippen molar-refractivity contribution in [3.63, 3.8) is 0 Å². The van der Waals surface area contributed by atoms with Crippen molar-refractivity contribution in [2.24, 2.45) is 11.8 Å². The molecule has 30 heavy (non-hydrogen) atoms. The molecule has 1 saturated carbocycles. The fourth-order valence-corrected chi connectivity index (χ4v) is 5.09. The van der Waals surface area contributed by atoms with Gasteiger partial charge in [0.15, 0.2) is 5.79 Å². The highest BCUT2D eigenvalue weighted by Gasteiger charge is 2.49. The minimum Gasteiger partial charge on any atom is -0.348 e. The van der Waals surface area contributed by atoms with Gasteiger partial charge in [-0.3, -0.25) is 9.69 Å². The Morgan fingerprint density at radius 3 is 2.50 bits per heavy atom. The third-order valence-corrected chi connectivity index (χ3v) is 7.47. The van der Waals surface area contributed by atoms with Crippen molar-refractivity contribution >= 4 is 11.9 Å². The summed E-state index contributed by atoms with van der Waals surface area (Å²) >= 11 is 0. The number of carbonyl (C=O) groups excluding carboxylic acids is 2. The van der Waals surface area contributed by atoms with E-state index in [1.165, 1.54) is 4.90 Å². The lowest BCUT2D eigenvalue weighted by Gasteiger charge is -2.49. The zero-order valence-electron chi connectivity index (χ0n) is 19.6. The second kappa shape index (κ2) is 9.10. The Morgan fingerprint density at radius 2 is 1.90 bits per heavy atom. The predicted octanol–water partition coefficient (Wildman–Crippen LogP) is 1.75. The van der Waals surface area contributed by atoms with Gasteiger partial charge in [-0.15, -0.1) is 0 Å². The number of hydrogen-bond donors (Lipinski definition) is 1. The molecule has 0 aromatic carbocycles.